The molecule has 0 radical (unpaired) electrons. The molecular formula is C13H24N6S2. The van der Waals surface area contributed by atoms with E-state index in [2.05, 4.69) is 22.2 Å². The number of aromatic nitrogens is 5. The Hall–Kier alpha value is -0.890. The average Bonchev–Trinajstić information content (AvgIpc) is 3.05. The number of nitrogen functional groups attached to an aromatic ring is 1. The maximum Gasteiger partial charge on any atom is 0.273 e. The van der Waals surface area contributed by atoms with Crippen molar-refractivity contribution in [3.63, 3.8) is 0 Å². The molecular weight excluding hydrogens is 304 g/mol. The number of nitrogens with two attached hydrogens (primary N) is 1. The van der Waals surface area contributed by atoms with Crippen LogP contribution in [-0.4, -0.2) is 41.7 Å². The van der Waals surface area contributed by atoms with E-state index >= 15 is 0 Å². The molecule has 2 aromatic heterocycles. The van der Waals surface area contributed by atoms with Crippen LogP contribution in [-0.2, 0) is 0 Å². The molecule has 0 spiro atoms. The predicted molar refractivity (Wildman–Crippen MR) is 90.3 cm³/mol. The van der Waals surface area contributed by atoms with E-state index in [0.717, 1.165) is 16.7 Å². The van der Waals surface area contributed by atoms with Crippen LogP contribution in [0.1, 0.15) is 45.4 Å². The summed E-state index contributed by atoms with van der Waals surface area (Å²) in [7, 11) is 0. The summed E-state index contributed by atoms with van der Waals surface area (Å²) in [6.07, 6.45) is 9.75. The van der Waals surface area contributed by atoms with Crippen molar-refractivity contribution in [3.8, 4) is 0 Å². The van der Waals surface area contributed by atoms with Crippen LogP contribution in [0.25, 0.3) is 5.78 Å². The van der Waals surface area contributed by atoms with Crippen molar-refractivity contribution in [1.82, 2.24) is 24.5 Å². The van der Waals surface area contributed by atoms with Crippen LogP contribution < -0.4 is 5.84 Å². The lowest BCUT2D eigenvalue weighted by molar-refractivity contribution is 0.627. The van der Waals surface area contributed by atoms with E-state index in [1.807, 2.05) is 11.8 Å². The quantitative estimate of drug-likeness (QED) is 0.388. The van der Waals surface area contributed by atoms with Gasteiger partial charge in [-0.1, -0.05) is 50.8 Å². The second-order valence-corrected chi connectivity index (χ2v) is 7.25. The van der Waals surface area contributed by atoms with Gasteiger partial charge in [0.05, 0.1) is 0 Å². The second kappa shape index (κ2) is 9.19. The predicted octanol–water partition coefficient (Wildman–Crippen LogP) is 2.83. The fourth-order valence-electron chi connectivity index (χ4n) is 2.05. The van der Waals surface area contributed by atoms with Gasteiger partial charge in [-0.2, -0.15) is 21.4 Å². The van der Waals surface area contributed by atoms with E-state index in [1.165, 1.54) is 49.0 Å². The van der Waals surface area contributed by atoms with E-state index < -0.39 is 0 Å². The number of thioether (sulfide) groups is 2. The first-order valence-corrected chi connectivity index (χ1v) is 9.71. The van der Waals surface area contributed by atoms with E-state index in [0.29, 0.717) is 5.78 Å². The van der Waals surface area contributed by atoms with Crippen molar-refractivity contribution in [2.75, 3.05) is 23.1 Å². The van der Waals surface area contributed by atoms with Crippen molar-refractivity contribution in [1.29, 1.82) is 0 Å². The molecule has 0 bridgehead atoms. The van der Waals surface area contributed by atoms with Crippen LogP contribution in [0, 0.1) is 0 Å². The molecule has 0 unspecified atom stereocenters. The Morgan fingerprint density at radius 2 is 1.86 bits per heavy atom. The molecule has 0 aliphatic carbocycles. The largest absolute Gasteiger partial charge is 0.335 e. The number of unbranched alkanes of at least 4 members (excludes halogenated alkanes) is 5. The van der Waals surface area contributed by atoms with Gasteiger partial charge < -0.3 is 5.84 Å². The van der Waals surface area contributed by atoms with Gasteiger partial charge in [-0.15, -0.1) is 10.2 Å². The second-order valence-electron chi connectivity index (χ2n) is 4.96. The summed E-state index contributed by atoms with van der Waals surface area (Å²) in [5.74, 6) is 9.67. The Morgan fingerprint density at radius 3 is 2.71 bits per heavy atom. The van der Waals surface area contributed by atoms with Gasteiger partial charge in [0, 0.05) is 11.5 Å². The van der Waals surface area contributed by atoms with Crippen LogP contribution in [0.3, 0.4) is 0 Å². The molecule has 0 atom stereocenters. The fraction of sp³-hybridized carbons (Fsp3) is 0.769. The smallest absolute Gasteiger partial charge is 0.273 e. The molecule has 0 saturated heterocycles. The zero-order chi connectivity index (χ0) is 14.9. The van der Waals surface area contributed by atoms with Crippen molar-refractivity contribution in [2.45, 2.75) is 50.6 Å². The number of fused-ring (bicyclic) bond motifs is 1. The Labute approximate surface area is 134 Å². The van der Waals surface area contributed by atoms with Crippen molar-refractivity contribution < 1.29 is 0 Å². The molecule has 8 heteroatoms. The highest BCUT2D eigenvalue weighted by Gasteiger charge is 2.09. The van der Waals surface area contributed by atoms with Crippen LogP contribution in [0.5, 0.6) is 0 Å². The highest BCUT2D eigenvalue weighted by molar-refractivity contribution is 8.02. The van der Waals surface area contributed by atoms with Gasteiger partial charge in [0.25, 0.3) is 5.78 Å². The first-order chi connectivity index (χ1) is 10.3. The molecule has 0 aliphatic heterocycles. The van der Waals surface area contributed by atoms with Gasteiger partial charge in [-0.3, -0.25) is 0 Å². The number of hydrogen-bond acceptors (Lipinski definition) is 6. The summed E-state index contributed by atoms with van der Waals surface area (Å²) in [6.45, 7) is 2.26. The average molecular weight is 329 g/mol. The zero-order valence-corrected chi connectivity index (χ0v) is 14.2. The lowest BCUT2D eigenvalue weighted by Gasteiger charge is -2.01. The topological polar surface area (TPSA) is 74.0 Å². The molecule has 0 aromatic carbocycles. The molecule has 2 aromatic rings. The molecule has 21 heavy (non-hydrogen) atoms. The first-order valence-electron chi connectivity index (χ1n) is 7.57. The van der Waals surface area contributed by atoms with Crippen LogP contribution in [0.4, 0.5) is 0 Å². The van der Waals surface area contributed by atoms with Gasteiger partial charge >= 0.3 is 0 Å². The standard InChI is InChI=1S/C13H24N6S2/c1-2-3-4-5-6-7-8-20-9-10-21-13-17-16-12-18(14)11-15-19(12)13/h11H,2-10,14H2,1H3. The molecule has 0 aliphatic rings. The van der Waals surface area contributed by atoms with Gasteiger partial charge in [0.1, 0.15) is 6.33 Å². The normalized spacial score (nSPS) is 11.5. The monoisotopic (exact) mass is 328 g/mol. The third-order valence-electron chi connectivity index (χ3n) is 3.22. The van der Waals surface area contributed by atoms with Crippen molar-refractivity contribution in [3.05, 3.63) is 6.33 Å². The Bertz CT molecular complexity index is 524. The number of hydrogen-bond donors (Lipinski definition) is 1. The lowest BCUT2D eigenvalue weighted by Crippen LogP contribution is -2.06. The van der Waals surface area contributed by atoms with Crippen molar-refractivity contribution >= 4 is 29.3 Å². The molecule has 2 rings (SSSR count). The molecule has 0 amide bonds. The Balaban J connectivity index is 1.52. The summed E-state index contributed by atoms with van der Waals surface area (Å²) in [6, 6.07) is 0. The van der Waals surface area contributed by atoms with Gasteiger partial charge in [-0.05, 0) is 12.2 Å². The molecule has 0 saturated carbocycles. The SMILES string of the molecule is CCCCCCCCSCCSc1nnc2n(N)cnn12. The van der Waals surface area contributed by atoms with Crippen LogP contribution in [0.2, 0.25) is 0 Å². The highest BCUT2D eigenvalue weighted by atomic mass is 32.2. The minimum atomic E-state index is 0.581. The maximum atomic E-state index is 5.66. The molecule has 0 fully saturated rings. The van der Waals surface area contributed by atoms with Crippen molar-refractivity contribution in [2.24, 2.45) is 0 Å². The highest BCUT2D eigenvalue weighted by Crippen LogP contribution is 2.18. The van der Waals surface area contributed by atoms with Gasteiger partial charge in [-0.25, -0.2) is 4.68 Å². The summed E-state index contributed by atoms with van der Waals surface area (Å²) in [5.41, 5.74) is 0. The summed E-state index contributed by atoms with van der Waals surface area (Å²) in [4.78, 5) is 0. The third-order valence-corrected chi connectivity index (χ3v) is 5.47. The summed E-state index contributed by atoms with van der Waals surface area (Å²) >= 11 is 3.70. The minimum absolute atomic E-state index is 0.581. The maximum absolute atomic E-state index is 5.66. The summed E-state index contributed by atoms with van der Waals surface area (Å²) < 4.78 is 3.06. The third kappa shape index (κ3) is 5.10. The van der Waals surface area contributed by atoms with Crippen LogP contribution >= 0.6 is 23.5 Å². The molecule has 2 N–H and O–H groups in total. The van der Waals surface area contributed by atoms with Gasteiger partial charge in [0.15, 0.2) is 0 Å². The molecule has 118 valence electrons. The Kier molecular flexibility index (Phi) is 7.21. The Morgan fingerprint density at radius 1 is 1.05 bits per heavy atom. The molecule has 2 heterocycles. The van der Waals surface area contributed by atoms with E-state index in [-0.39, 0.29) is 0 Å². The van der Waals surface area contributed by atoms with Crippen LogP contribution in [0.15, 0.2) is 11.5 Å². The van der Waals surface area contributed by atoms with E-state index in [1.54, 1.807) is 22.6 Å². The fourth-order valence-corrected chi connectivity index (χ4v) is 4.00. The van der Waals surface area contributed by atoms with E-state index in [4.69, 9.17) is 5.84 Å². The van der Waals surface area contributed by atoms with Gasteiger partial charge in [0.2, 0.25) is 5.16 Å². The molecule has 6 nitrogen and oxygen atoms in total. The first kappa shape index (κ1) is 16.5. The lowest BCUT2D eigenvalue weighted by atomic mass is 10.1. The number of rotatable bonds is 11. The van der Waals surface area contributed by atoms with E-state index in [9.17, 15) is 0 Å². The summed E-state index contributed by atoms with van der Waals surface area (Å²) in [5, 5.41) is 13.1. The zero-order valence-electron chi connectivity index (χ0n) is 12.6. The minimum Gasteiger partial charge on any atom is -0.335 e. The number of nitrogens with zero attached hydrogens (tertiary/aromatic N) is 5.